The van der Waals surface area contributed by atoms with Crippen LogP contribution in [-0.2, 0) is 4.79 Å². The van der Waals surface area contributed by atoms with E-state index in [1.54, 1.807) is 0 Å². The quantitative estimate of drug-likeness (QED) is 0.711. The number of hydrogen-bond donors (Lipinski definition) is 1. The number of aldehydes is 1. The highest BCUT2D eigenvalue weighted by molar-refractivity contribution is 6.29. The minimum Gasteiger partial charge on any atom is -0.378 e. The summed E-state index contributed by atoms with van der Waals surface area (Å²) in [7, 11) is 0. The van der Waals surface area contributed by atoms with Gasteiger partial charge in [-0.3, -0.25) is 4.79 Å². The van der Waals surface area contributed by atoms with Crippen molar-refractivity contribution in [2.24, 2.45) is 4.99 Å². The van der Waals surface area contributed by atoms with E-state index in [1.165, 1.54) is 0 Å². The van der Waals surface area contributed by atoms with Gasteiger partial charge in [-0.25, -0.2) is 4.99 Å². The Kier molecular flexibility index (Phi) is 2.31. The molecule has 0 radical (unpaired) electrons. The molecule has 0 amide bonds. The lowest BCUT2D eigenvalue weighted by Crippen LogP contribution is -2.32. The summed E-state index contributed by atoms with van der Waals surface area (Å²) in [6.07, 6.45) is 1.48. The SMILES string of the molecule is CC1(C)CC(C=O)=Nc2ccccc2N1. The fourth-order valence-electron chi connectivity index (χ4n) is 1.80. The molecule has 1 aliphatic heterocycles. The number of anilines is 1. The van der Waals surface area contributed by atoms with Gasteiger partial charge in [-0.2, -0.15) is 0 Å². The Morgan fingerprint density at radius 1 is 1.40 bits per heavy atom. The van der Waals surface area contributed by atoms with Gasteiger partial charge in [0.15, 0.2) is 6.29 Å². The predicted octanol–water partition coefficient (Wildman–Crippen LogP) is 2.55. The van der Waals surface area contributed by atoms with E-state index in [1.807, 2.05) is 24.3 Å². The highest BCUT2D eigenvalue weighted by Crippen LogP contribution is 2.31. The molecule has 78 valence electrons. The van der Waals surface area contributed by atoms with Gasteiger partial charge in [-0.05, 0) is 26.0 Å². The summed E-state index contributed by atoms with van der Waals surface area (Å²) in [5.41, 5.74) is 2.29. The van der Waals surface area contributed by atoms with Crippen LogP contribution in [0.5, 0.6) is 0 Å². The first-order valence-corrected chi connectivity index (χ1v) is 5.01. The van der Waals surface area contributed by atoms with E-state index in [0.29, 0.717) is 12.1 Å². The highest BCUT2D eigenvalue weighted by atomic mass is 16.1. The first-order valence-electron chi connectivity index (χ1n) is 5.01. The van der Waals surface area contributed by atoms with Crippen molar-refractivity contribution < 1.29 is 4.79 Å². The summed E-state index contributed by atoms with van der Waals surface area (Å²) in [5.74, 6) is 0. The maximum Gasteiger partial charge on any atom is 0.164 e. The van der Waals surface area contributed by atoms with Gasteiger partial charge in [0, 0.05) is 12.0 Å². The Hall–Kier alpha value is -1.64. The van der Waals surface area contributed by atoms with Crippen molar-refractivity contribution in [3.8, 4) is 0 Å². The van der Waals surface area contributed by atoms with Crippen LogP contribution in [0.15, 0.2) is 29.3 Å². The predicted molar refractivity (Wildman–Crippen MR) is 61.9 cm³/mol. The van der Waals surface area contributed by atoms with E-state index in [9.17, 15) is 4.79 Å². The van der Waals surface area contributed by atoms with E-state index >= 15 is 0 Å². The molecule has 2 rings (SSSR count). The molecular weight excluding hydrogens is 188 g/mol. The molecule has 0 saturated carbocycles. The summed E-state index contributed by atoms with van der Waals surface area (Å²) in [4.78, 5) is 15.2. The zero-order valence-electron chi connectivity index (χ0n) is 8.95. The van der Waals surface area contributed by atoms with Crippen LogP contribution < -0.4 is 5.32 Å². The number of aliphatic imine (C=N–C) groups is 1. The highest BCUT2D eigenvalue weighted by Gasteiger charge is 2.24. The molecule has 0 spiro atoms. The van der Waals surface area contributed by atoms with Crippen LogP contribution in [0.25, 0.3) is 0 Å². The second-order valence-corrected chi connectivity index (χ2v) is 4.42. The lowest BCUT2D eigenvalue weighted by atomic mass is 9.98. The van der Waals surface area contributed by atoms with Crippen LogP contribution in [0.4, 0.5) is 11.4 Å². The number of carbonyl (C=O) groups excluding carboxylic acids is 1. The molecule has 0 fully saturated rings. The molecule has 0 aliphatic carbocycles. The Balaban J connectivity index is 2.51. The largest absolute Gasteiger partial charge is 0.378 e. The zero-order valence-corrected chi connectivity index (χ0v) is 8.95. The fourth-order valence-corrected chi connectivity index (χ4v) is 1.80. The lowest BCUT2D eigenvalue weighted by Gasteiger charge is -2.25. The maximum atomic E-state index is 10.9. The van der Waals surface area contributed by atoms with Crippen molar-refractivity contribution in [1.29, 1.82) is 0 Å². The molecule has 1 aromatic carbocycles. The standard InChI is InChI=1S/C12H14N2O/c1-12(2)7-9(8-15)13-10-5-3-4-6-11(10)14-12/h3-6,8,14H,7H2,1-2H3. The van der Waals surface area contributed by atoms with Crippen molar-refractivity contribution in [2.45, 2.75) is 25.8 Å². The molecule has 1 heterocycles. The number of benzene rings is 1. The van der Waals surface area contributed by atoms with Crippen LogP contribution in [0.1, 0.15) is 20.3 Å². The van der Waals surface area contributed by atoms with Gasteiger partial charge in [0.25, 0.3) is 0 Å². The minimum absolute atomic E-state index is 0.133. The molecule has 0 saturated heterocycles. The first kappa shape index (κ1) is 9.90. The van der Waals surface area contributed by atoms with E-state index in [0.717, 1.165) is 17.7 Å². The van der Waals surface area contributed by atoms with Gasteiger partial charge in [-0.1, -0.05) is 12.1 Å². The van der Waals surface area contributed by atoms with E-state index < -0.39 is 0 Å². The molecule has 0 aromatic heterocycles. The molecule has 0 bridgehead atoms. The molecule has 1 N–H and O–H groups in total. The summed E-state index contributed by atoms with van der Waals surface area (Å²) in [5, 5.41) is 3.39. The molecular formula is C12H14N2O. The Labute approximate surface area is 89.2 Å². The fraction of sp³-hybridized carbons (Fsp3) is 0.333. The minimum atomic E-state index is -0.133. The van der Waals surface area contributed by atoms with Gasteiger partial charge in [0.05, 0.1) is 17.1 Å². The van der Waals surface area contributed by atoms with Gasteiger partial charge in [-0.15, -0.1) is 0 Å². The Morgan fingerprint density at radius 3 is 2.87 bits per heavy atom. The molecule has 1 aliphatic rings. The summed E-state index contributed by atoms with van der Waals surface area (Å²) in [6, 6.07) is 7.77. The number of nitrogens with one attached hydrogen (secondary N) is 1. The van der Waals surface area contributed by atoms with Crippen LogP contribution in [-0.4, -0.2) is 17.5 Å². The second kappa shape index (κ2) is 3.50. The molecule has 3 nitrogen and oxygen atoms in total. The first-order chi connectivity index (χ1) is 7.11. The number of para-hydroxylation sites is 2. The van der Waals surface area contributed by atoms with Crippen molar-refractivity contribution in [3.05, 3.63) is 24.3 Å². The average Bonchev–Trinajstić information content (AvgIpc) is 2.31. The van der Waals surface area contributed by atoms with Crippen molar-refractivity contribution in [1.82, 2.24) is 0 Å². The van der Waals surface area contributed by atoms with Gasteiger partial charge < -0.3 is 5.32 Å². The third-order valence-electron chi connectivity index (χ3n) is 2.40. The van der Waals surface area contributed by atoms with E-state index in [4.69, 9.17) is 0 Å². The number of nitrogens with zero attached hydrogens (tertiary/aromatic N) is 1. The van der Waals surface area contributed by atoms with Crippen LogP contribution >= 0.6 is 0 Å². The number of rotatable bonds is 1. The molecule has 3 heteroatoms. The lowest BCUT2D eigenvalue weighted by molar-refractivity contribution is -0.102. The van der Waals surface area contributed by atoms with Crippen LogP contribution in [0, 0.1) is 0 Å². The molecule has 15 heavy (non-hydrogen) atoms. The zero-order chi connectivity index (χ0) is 10.9. The number of carbonyl (C=O) groups is 1. The summed E-state index contributed by atoms with van der Waals surface area (Å²) >= 11 is 0. The Morgan fingerprint density at radius 2 is 2.13 bits per heavy atom. The number of fused-ring (bicyclic) bond motifs is 1. The van der Waals surface area contributed by atoms with E-state index in [2.05, 4.69) is 24.2 Å². The topological polar surface area (TPSA) is 41.5 Å². The monoisotopic (exact) mass is 202 g/mol. The smallest absolute Gasteiger partial charge is 0.164 e. The van der Waals surface area contributed by atoms with Crippen molar-refractivity contribution >= 4 is 23.4 Å². The van der Waals surface area contributed by atoms with E-state index in [-0.39, 0.29) is 5.54 Å². The molecule has 1 aromatic rings. The maximum absolute atomic E-state index is 10.9. The van der Waals surface area contributed by atoms with Gasteiger partial charge in [0.2, 0.25) is 0 Å². The van der Waals surface area contributed by atoms with Gasteiger partial charge in [0.1, 0.15) is 0 Å². The third kappa shape index (κ3) is 2.06. The normalized spacial score (nSPS) is 18.1. The summed E-state index contributed by atoms with van der Waals surface area (Å²) < 4.78 is 0. The second-order valence-electron chi connectivity index (χ2n) is 4.42. The summed E-state index contributed by atoms with van der Waals surface area (Å²) in [6.45, 7) is 4.13. The van der Waals surface area contributed by atoms with Crippen LogP contribution in [0.2, 0.25) is 0 Å². The van der Waals surface area contributed by atoms with Crippen molar-refractivity contribution in [2.75, 3.05) is 5.32 Å². The van der Waals surface area contributed by atoms with Crippen LogP contribution in [0.3, 0.4) is 0 Å². The average molecular weight is 202 g/mol. The Bertz CT molecular complexity index is 421. The van der Waals surface area contributed by atoms with Crippen molar-refractivity contribution in [3.63, 3.8) is 0 Å². The van der Waals surface area contributed by atoms with Gasteiger partial charge >= 0.3 is 0 Å². The molecule has 0 atom stereocenters. The molecule has 0 unspecified atom stereocenters. The third-order valence-corrected chi connectivity index (χ3v) is 2.40. The number of hydrogen-bond acceptors (Lipinski definition) is 3.